The Morgan fingerprint density at radius 3 is 3.35 bits per heavy atom. The summed E-state index contributed by atoms with van der Waals surface area (Å²) in [5.74, 6) is 0.776. The maximum atomic E-state index is 5.87. The monoisotopic (exact) mass is 234 g/mol. The van der Waals surface area contributed by atoms with Crippen LogP contribution >= 0.6 is 0 Å². The van der Waals surface area contributed by atoms with Crippen molar-refractivity contribution in [3.8, 4) is 0 Å². The number of nitrogens with two attached hydrogens (primary N) is 1. The highest BCUT2D eigenvalue weighted by molar-refractivity contribution is 5.05. The summed E-state index contributed by atoms with van der Waals surface area (Å²) in [6.45, 7) is 3.36. The van der Waals surface area contributed by atoms with E-state index in [-0.39, 0.29) is 6.10 Å². The molecule has 0 saturated carbocycles. The molecule has 17 heavy (non-hydrogen) atoms. The maximum absolute atomic E-state index is 5.87. The Morgan fingerprint density at radius 1 is 1.53 bits per heavy atom. The molecule has 3 rings (SSSR count). The summed E-state index contributed by atoms with van der Waals surface area (Å²) in [5, 5.41) is 0. The van der Waals surface area contributed by atoms with E-state index < -0.39 is 0 Å². The molecule has 1 aromatic rings. The number of hydrogen-bond acceptors (Lipinski definition) is 5. The average Bonchev–Trinajstić information content (AvgIpc) is 2.86. The van der Waals surface area contributed by atoms with E-state index in [1.807, 2.05) is 6.07 Å². The molecule has 5 heteroatoms. The Balaban J connectivity index is 1.75. The van der Waals surface area contributed by atoms with Crippen LogP contribution in [0.5, 0.6) is 0 Å². The first kappa shape index (κ1) is 11.1. The first-order valence-corrected chi connectivity index (χ1v) is 6.24. The molecular weight excluding hydrogens is 216 g/mol. The normalized spacial score (nSPS) is 29.2. The molecule has 2 atom stereocenters. The molecule has 0 spiro atoms. The number of rotatable bonds is 2. The Bertz CT molecular complexity index is 398. The highest BCUT2D eigenvalue weighted by atomic mass is 16.5. The van der Waals surface area contributed by atoms with Crippen LogP contribution < -0.4 is 5.73 Å². The van der Waals surface area contributed by atoms with E-state index in [4.69, 9.17) is 10.5 Å². The lowest BCUT2D eigenvalue weighted by Gasteiger charge is -2.34. The Labute approximate surface area is 101 Å². The minimum absolute atomic E-state index is 0.0100. The fraction of sp³-hybridized carbons (Fsp3) is 0.667. The zero-order valence-corrected chi connectivity index (χ0v) is 9.88. The fourth-order valence-corrected chi connectivity index (χ4v) is 2.66. The lowest BCUT2D eigenvalue weighted by atomic mass is 10.2. The third kappa shape index (κ3) is 2.18. The van der Waals surface area contributed by atoms with Crippen molar-refractivity contribution in [2.75, 3.05) is 19.7 Å². The van der Waals surface area contributed by atoms with Gasteiger partial charge in [-0.05, 0) is 25.5 Å². The highest BCUT2D eigenvalue weighted by Crippen LogP contribution is 2.28. The molecule has 2 N–H and O–H groups in total. The van der Waals surface area contributed by atoms with E-state index in [1.54, 1.807) is 6.20 Å². The fourth-order valence-electron chi connectivity index (χ4n) is 2.66. The molecule has 0 aromatic carbocycles. The van der Waals surface area contributed by atoms with Crippen LogP contribution in [-0.2, 0) is 11.3 Å². The molecule has 3 heterocycles. The van der Waals surface area contributed by atoms with Gasteiger partial charge in [-0.3, -0.25) is 4.90 Å². The molecule has 2 aliphatic heterocycles. The van der Waals surface area contributed by atoms with E-state index in [9.17, 15) is 0 Å². The van der Waals surface area contributed by atoms with Gasteiger partial charge < -0.3 is 10.5 Å². The molecule has 0 bridgehead atoms. The maximum Gasteiger partial charge on any atom is 0.158 e. The standard InChI is InChI=1S/C12H18N4O/c13-6-9-3-4-14-12(15-9)11-7-16-5-1-2-10(16)8-17-11/h3-4,10-11H,1-2,5-8,13H2. The lowest BCUT2D eigenvalue weighted by molar-refractivity contribution is -0.0542. The Kier molecular flexibility index (Phi) is 3.05. The highest BCUT2D eigenvalue weighted by Gasteiger charge is 2.33. The van der Waals surface area contributed by atoms with Gasteiger partial charge in [0.05, 0.1) is 12.3 Å². The van der Waals surface area contributed by atoms with Crippen molar-refractivity contribution in [3.05, 3.63) is 23.8 Å². The van der Waals surface area contributed by atoms with Crippen molar-refractivity contribution in [3.63, 3.8) is 0 Å². The van der Waals surface area contributed by atoms with Crippen LogP contribution in [0.15, 0.2) is 12.3 Å². The van der Waals surface area contributed by atoms with Gasteiger partial charge >= 0.3 is 0 Å². The van der Waals surface area contributed by atoms with Crippen molar-refractivity contribution in [1.82, 2.24) is 14.9 Å². The number of ether oxygens (including phenoxy) is 1. The first-order chi connectivity index (χ1) is 8.36. The Hall–Kier alpha value is -1.04. The van der Waals surface area contributed by atoms with Gasteiger partial charge in [0, 0.05) is 25.3 Å². The Morgan fingerprint density at radius 2 is 2.47 bits per heavy atom. The summed E-state index contributed by atoms with van der Waals surface area (Å²) >= 11 is 0. The van der Waals surface area contributed by atoms with E-state index in [2.05, 4.69) is 14.9 Å². The largest absolute Gasteiger partial charge is 0.367 e. The van der Waals surface area contributed by atoms with E-state index in [0.717, 1.165) is 24.7 Å². The van der Waals surface area contributed by atoms with Crippen molar-refractivity contribution >= 4 is 0 Å². The van der Waals surface area contributed by atoms with Crippen LogP contribution in [0.1, 0.15) is 30.5 Å². The molecule has 92 valence electrons. The van der Waals surface area contributed by atoms with Gasteiger partial charge in [-0.2, -0.15) is 0 Å². The van der Waals surface area contributed by atoms with Gasteiger partial charge in [0.25, 0.3) is 0 Å². The second-order valence-electron chi connectivity index (χ2n) is 4.72. The first-order valence-electron chi connectivity index (χ1n) is 6.24. The van der Waals surface area contributed by atoms with Gasteiger partial charge in [-0.1, -0.05) is 0 Å². The van der Waals surface area contributed by atoms with Gasteiger partial charge in [0.2, 0.25) is 0 Å². The predicted octanol–water partition coefficient (Wildman–Crippen LogP) is 0.471. The van der Waals surface area contributed by atoms with Crippen LogP contribution in [0.2, 0.25) is 0 Å². The number of aromatic nitrogens is 2. The van der Waals surface area contributed by atoms with Crippen molar-refractivity contribution in [2.45, 2.75) is 31.5 Å². The summed E-state index contributed by atoms with van der Waals surface area (Å²) in [4.78, 5) is 11.2. The number of fused-ring (bicyclic) bond motifs is 1. The van der Waals surface area contributed by atoms with Crippen molar-refractivity contribution in [2.24, 2.45) is 5.73 Å². The summed E-state index contributed by atoms with van der Waals surface area (Å²) in [6.07, 6.45) is 4.32. The van der Waals surface area contributed by atoms with Crippen LogP contribution in [0, 0.1) is 0 Å². The van der Waals surface area contributed by atoms with Crippen molar-refractivity contribution in [1.29, 1.82) is 0 Å². The molecule has 0 aliphatic carbocycles. The average molecular weight is 234 g/mol. The minimum Gasteiger partial charge on any atom is -0.367 e. The number of morpholine rings is 1. The van der Waals surface area contributed by atoms with Gasteiger partial charge in [0.1, 0.15) is 6.10 Å². The van der Waals surface area contributed by atoms with Crippen LogP contribution in [0.4, 0.5) is 0 Å². The second kappa shape index (κ2) is 4.68. The quantitative estimate of drug-likeness (QED) is 0.806. The molecule has 0 amide bonds. The third-order valence-electron chi connectivity index (χ3n) is 3.62. The van der Waals surface area contributed by atoms with Crippen LogP contribution in [-0.4, -0.2) is 40.6 Å². The smallest absolute Gasteiger partial charge is 0.158 e. The molecule has 5 nitrogen and oxygen atoms in total. The molecule has 1 aromatic heterocycles. The topological polar surface area (TPSA) is 64.3 Å². The van der Waals surface area contributed by atoms with Crippen LogP contribution in [0.25, 0.3) is 0 Å². The lowest BCUT2D eigenvalue weighted by Crippen LogP contribution is -2.42. The van der Waals surface area contributed by atoms with Crippen LogP contribution in [0.3, 0.4) is 0 Å². The van der Waals surface area contributed by atoms with E-state index in [1.165, 1.54) is 19.4 Å². The van der Waals surface area contributed by atoms with E-state index >= 15 is 0 Å². The predicted molar refractivity (Wildman–Crippen MR) is 63.2 cm³/mol. The van der Waals surface area contributed by atoms with Gasteiger partial charge in [-0.15, -0.1) is 0 Å². The van der Waals surface area contributed by atoms with Gasteiger partial charge in [-0.25, -0.2) is 9.97 Å². The molecule has 2 unspecified atom stereocenters. The molecule has 2 aliphatic rings. The van der Waals surface area contributed by atoms with Gasteiger partial charge in [0.15, 0.2) is 5.82 Å². The summed E-state index contributed by atoms with van der Waals surface area (Å²) in [6, 6.07) is 2.47. The molecule has 2 fully saturated rings. The third-order valence-corrected chi connectivity index (χ3v) is 3.62. The van der Waals surface area contributed by atoms with Crippen molar-refractivity contribution < 1.29 is 4.74 Å². The summed E-state index contributed by atoms with van der Waals surface area (Å²) < 4.78 is 5.87. The number of hydrogen-bond donors (Lipinski definition) is 1. The SMILES string of the molecule is NCc1ccnc(C2CN3CCCC3CO2)n1. The summed E-state index contributed by atoms with van der Waals surface area (Å²) in [5.41, 5.74) is 6.47. The molecule has 2 saturated heterocycles. The zero-order chi connectivity index (χ0) is 11.7. The zero-order valence-electron chi connectivity index (χ0n) is 9.88. The summed E-state index contributed by atoms with van der Waals surface area (Å²) in [7, 11) is 0. The number of nitrogens with zero attached hydrogens (tertiary/aromatic N) is 3. The van der Waals surface area contributed by atoms with E-state index in [0.29, 0.717) is 12.6 Å². The molecular formula is C12H18N4O. The second-order valence-corrected chi connectivity index (χ2v) is 4.72. The molecule has 0 radical (unpaired) electrons. The minimum atomic E-state index is 0.0100.